The van der Waals surface area contributed by atoms with Gasteiger partial charge in [-0.2, -0.15) is 0 Å². The highest BCUT2D eigenvalue weighted by atomic mass is 32.2. The van der Waals surface area contributed by atoms with Crippen LogP contribution in [0.15, 0.2) is 41.6 Å². The summed E-state index contributed by atoms with van der Waals surface area (Å²) in [6.45, 7) is 5.82. The van der Waals surface area contributed by atoms with E-state index in [-0.39, 0.29) is 0 Å². The van der Waals surface area contributed by atoms with Crippen LogP contribution in [0.1, 0.15) is 6.92 Å². The topological polar surface area (TPSA) is 66.0 Å². The van der Waals surface area contributed by atoms with Crippen molar-refractivity contribution in [2.75, 3.05) is 18.7 Å². The predicted octanol–water partition coefficient (Wildman–Crippen LogP) is 2.34. The van der Waals surface area contributed by atoms with Gasteiger partial charge in [-0.15, -0.1) is 10.2 Å². The molecule has 0 fully saturated rings. The molecule has 0 saturated heterocycles. The zero-order valence-corrected chi connectivity index (χ0v) is 11.8. The van der Waals surface area contributed by atoms with Crippen LogP contribution < -0.4 is 10.6 Å². The predicted molar refractivity (Wildman–Crippen MR) is 77.7 cm³/mol. The van der Waals surface area contributed by atoms with Crippen molar-refractivity contribution in [2.24, 2.45) is 0 Å². The number of nitrogens with zero attached hydrogens (tertiary/aromatic N) is 3. The molecule has 1 heterocycles. The first-order valence-corrected chi connectivity index (χ1v) is 6.72. The number of rotatable bonds is 5. The van der Waals surface area contributed by atoms with E-state index >= 15 is 0 Å². The third kappa shape index (κ3) is 3.08. The fourth-order valence-corrected chi connectivity index (χ4v) is 2.22. The van der Waals surface area contributed by atoms with Crippen molar-refractivity contribution in [2.45, 2.75) is 12.1 Å². The first kappa shape index (κ1) is 13.5. The normalized spacial score (nSPS) is 10.4. The monoisotopic (exact) mass is 276 g/mol. The summed E-state index contributed by atoms with van der Waals surface area (Å²) in [5.41, 5.74) is 1.94. The standard InChI is InChI=1S/C13H16N4OS/c1-9(2)8-19-13-16-15-12(17(13)14)10-5-4-6-11(7-10)18-3/h4-7H,1,8,14H2,2-3H3. The number of benzene rings is 1. The maximum Gasteiger partial charge on any atom is 0.210 e. The minimum atomic E-state index is 0.614. The van der Waals surface area contributed by atoms with E-state index in [1.165, 1.54) is 16.4 Å². The molecule has 0 aliphatic carbocycles. The summed E-state index contributed by atoms with van der Waals surface area (Å²) in [6.07, 6.45) is 0. The number of aromatic nitrogens is 3. The van der Waals surface area contributed by atoms with E-state index in [0.717, 1.165) is 22.6 Å². The Morgan fingerprint density at radius 3 is 2.95 bits per heavy atom. The second-order valence-electron chi connectivity index (χ2n) is 4.15. The highest BCUT2D eigenvalue weighted by molar-refractivity contribution is 7.99. The Kier molecular flexibility index (Phi) is 4.11. The summed E-state index contributed by atoms with van der Waals surface area (Å²) >= 11 is 1.51. The van der Waals surface area contributed by atoms with Gasteiger partial charge in [-0.1, -0.05) is 36.0 Å². The van der Waals surface area contributed by atoms with Crippen LogP contribution in [-0.2, 0) is 0 Å². The molecule has 0 atom stereocenters. The maximum absolute atomic E-state index is 6.01. The molecule has 5 nitrogen and oxygen atoms in total. The van der Waals surface area contributed by atoms with E-state index in [0.29, 0.717) is 11.0 Å². The van der Waals surface area contributed by atoms with Crippen LogP contribution in [0.5, 0.6) is 5.75 Å². The van der Waals surface area contributed by atoms with Crippen LogP contribution in [0, 0.1) is 0 Å². The molecular formula is C13H16N4OS. The van der Waals surface area contributed by atoms with Crippen LogP contribution in [-0.4, -0.2) is 27.7 Å². The summed E-state index contributed by atoms with van der Waals surface area (Å²) in [4.78, 5) is 0. The first-order chi connectivity index (χ1) is 9.11. The lowest BCUT2D eigenvalue weighted by Crippen LogP contribution is -2.11. The van der Waals surface area contributed by atoms with Gasteiger partial charge < -0.3 is 10.6 Å². The van der Waals surface area contributed by atoms with E-state index in [4.69, 9.17) is 10.6 Å². The molecule has 0 aliphatic heterocycles. The van der Waals surface area contributed by atoms with E-state index < -0.39 is 0 Å². The second kappa shape index (κ2) is 5.79. The van der Waals surface area contributed by atoms with Gasteiger partial charge >= 0.3 is 0 Å². The van der Waals surface area contributed by atoms with Gasteiger partial charge in [0.1, 0.15) is 5.75 Å². The van der Waals surface area contributed by atoms with Gasteiger partial charge in [0.25, 0.3) is 0 Å². The quantitative estimate of drug-likeness (QED) is 0.516. The molecule has 6 heteroatoms. The number of hydrogen-bond acceptors (Lipinski definition) is 5. The van der Waals surface area contributed by atoms with Crippen molar-refractivity contribution in [1.29, 1.82) is 0 Å². The smallest absolute Gasteiger partial charge is 0.210 e. The summed E-state index contributed by atoms with van der Waals surface area (Å²) in [6, 6.07) is 7.56. The molecule has 2 rings (SSSR count). The molecule has 2 N–H and O–H groups in total. The highest BCUT2D eigenvalue weighted by Crippen LogP contribution is 2.25. The molecule has 0 saturated carbocycles. The van der Waals surface area contributed by atoms with E-state index in [1.54, 1.807) is 7.11 Å². The van der Waals surface area contributed by atoms with E-state index in [9.17, 15) is 0 Å². The molecule has 2 aromatic rings. The molecular weight excluding hydrogens is 260 g/mol. The molecule has 19 heavy (non-hydrogen) atoms. The van der Waals surface area contributed by atoms with Crippen LogP contribution in [0.2, 0.25) is 0 Å². The number of methoxy groups -OCH3 is 1. The number of hydrogen-bond donors (Lipinski definition) is 1. The SMILES string of the molecule is C=C(C)CSc1nnc(-c2cccc(OC)c2)n1N. The number of thioether (sulfide) groups is 1. The fourth-order valence-electron chi connectivity index (χ4n) is 1.52. The number of ether oxygens (including phenoxy) is 1. The second-order valence-corrected chi connectivity index (χ2v) is 5.10. The van der Waals surface area contributed by atoms with Crippen molar-refractivity contribution in [1.82, 2.24) is 14.9 Å². The van der Waals surface area contributed by atoms with Gasteiger partial charge in [0.05, 0.1) is 7.11 Å². The van der Waals surface area contributed by atoms with Gasteiger partial charge in [0.2, 0.25) is 5.16 Å². The molecule has 0 amide bonds. The Morgan fingerprint density at radius 1 is 1.47 bits per heavy atom. The zero-order valence-electron chi connectivity index (χ0n) is 11.0. The number of nitrogen functional groups attached to an aromatic ring is 1. The Hall–Kier alpha value is -1.95. The Labute approximate surface area is 116 Å². The Morgan fingerprint density at radius 2 is 2.26 bits per heavy atom. The van der Waals surface area contributed by atoms with Gasteiger partial charge in [-0.3, -0.25) is 0 Å². The third-order valence-electron chi connectivity index (χ3n) is 2.44. The minimum Gasteiger partial charge on any atom is -0.497 e. The van der Waals surface area contributed by atoms with Crippen LogP contribution in [0.4, 0.5) is 0 Å². The minimum absolute atomic E-state index is 0.614. The van der Waals surface area contributed by atoms with Gasteiger partial charge in [0, 0.05) is 11.3 Å². The van der Waals surface area contributed by atoms with Crippen molar-refractivity contribution in [3.05, 3.63) is 36.4 Å². The van der Waals surface area contributed by atoms with Crippen LogP contribution in [0.25, 0.3) is 11.4 Å². The van der Waals surface area contributed by atoms with Gasteiger partial charge in [-0.25, -0.2) is 4.68 Å². The van der Waals surface area contributed by atoms with Crippen molar-refractivity contribution in [3.63, 3.8) is 0 Å². The molecule has 1 aromatic carbocycles. The third-order valence-corrected chi connectivity index (χ3v) is 3.61. The average molecular weight is 276 g/mol. The average Bonchev–Trinajstić information content (AvgIpc) is 2.78. The zero-order chi connectivity index (χ0) is 13.8. The molecule has 0 spiro atoms. The van der Waals surface area contributed by atoms with Crippen LogP contribution in [0.3, 0.4) is 0 Å². The lowest BCUT2D eigenvalue weighted by molar-refractivity contribution is 0.415. The molecule has 0 radical (unpaired) electrons. The van der Waals surface area contributed by atoms with Crippen molar-refractivity contribution >= 4 is 11.8 Å². The summed E-state index contributed by atoms with van der Waals surface area (Å²) in [7, 11) is 1.63. The summed E-state index contributed by atoms with van der Waals surface area (Å²) in [5, 5.41) is 8.88. The first-order valence-electron chi connectivity index (χ1n) is 5.74. The van der Waals surface area contributed by atoms with E-state index in [2.05, 4.69) is 16.8 Å². The van der Waals surface area contributed by atoms with Crippen molar-refractivity contribution < 1.29 is 4.74 Å². The van der Waals surface area contributed by atoms with Crippen LogP contribution >= 0.6 is 11.8 Å². The molecule has 0 aliphatic rings. The lowest BCUT2D eigenvalue weighted by Gasteiger charge is -2.05. The highest BCUT2D eigenvalue weighted by Gasteiger charge is 2.12. The van der Waals surface area contributed by atoms with E-state index in [1.807, 2.05) is 31.2 Å². The molecule has 1 aromatic heterocycles. The summed E-state index contributed by atoms with van der Waals surface area (Å²) in [5.74, 6) is 8.16. The maximum atomic E-state index is 6.01. The summed E-state index contributed by atoms with van der Waals surface area (Å²) < 4.78 is 6.68. The fraction of sp³-hybridized carbons (Fsp3) is 0.231. The molecule has 0 unspecified atom stereocenters. The largest absolute Gasteiger partial charge is 0.497 e. The van der Waals surface area contributed by atoms with Gasteiger partial charge in [0.15, 0.2) is 5.82 Å². The Balaban J connectivity index is 2.27. The Bertz CT molecular complexity index is 594. The molecule has 0 bridgehead atoms. The van der Waals surface area contributed by atoms with Crippen molar-refractivity contribution in [3.8, 4) is 17.1 Å². The lowest BCUT2D eigenvalue weighted by atomic mass is 10.2. The number of nitrogens with two attached hydrogens (primary N) is 1. The molecule has 100 valence electrons. The van der Waals surface area contributed by atoms with Gasteiger partial charge in [-0.05, 0) is 19.1 Å².